The van der Waals surface area contributed by atoms with E-state index in [4.69, 9.17) is 11.5 Å². The van der Waals surface area contributed by atoms with E-state index in [1.54, 1.807) is 0 Å². The summed E-state index contributed by atoms with van der Waals surface area (Å²) >= 11 is 0. The SMILES string of the molecule is C#Cc1cccc(NCCO)c1. The van der Waals surface area contributed by atoms with E-state index in [0.717, 1.165) is 11.3 Å². The summed E-state index contributed by atoms with van der Waals surface area (Å²) in [7, 11) is 0. The minimum atomic E-state index is 0.125. The highest BCUT2D eigenvalue weighted by atomic mass is 16.3. The molecule has 62 valence electrons. The standard InChI is InChI=1S/C10H11NO/c1-2-9-4-3-5-10(8-9)11-6-7-12/h1,3-5,8,11-12H,6-7H2. The number of hydrogen-bond acceptors (Lipinski definition) is 2. The van der Waals surface area contributed by atoms with Crippen molar-refractivity contribution in [2.75, 3.05) is 18.5 Å². The van der Waals surface area contributed by atoms with Crippen LogP contribution in [0.5, 0.6) is 0 Å². The highest BCUT2D eigenvalue weighted by Crippen LogP contribution is 2.08. The number of rotatable bonds is 3. The molecule has 0 aliphatic rings. The van der Waals surface area contributed by atoms with Gasteiger partial charge in [-0.1, -0.05) is 12.0 Å². The molecule has 2 heteroatoms. The van der Waals surface area contributed by atoms with Crippen LogP contribution in [0, 0.1) is 12.3 Å². The summed E-state index contributed by atoms with van der Waals surface area (Å²) in [5.41, 5.74) is 1.79. The average molecular weight is 161 g/mol. The molecule has 0 radical (unpaired) electrons. The van der Waals surface area contributed by atoms with Crippen LogP contribution in [0.2, 0.25) is 0 Å². The van der Waals surface area contributed by atoms with Gasteiger partial charge in [-0.15, -0.1) is 6.42 Å². The maximum atomic E-state index is 8.55. The second-order valence-electron chi connectivity index (χ2n) is 2.38. The summed E-state index contributed by atoms with van der Waals surface area (Å²) in [5, 5.41) is 11.6. The Morgan fingerprint density at radius 1 is 1.50 bits per heavy atom. The van der Waals surface area contributed by atoms with Crippen LogP contribution >= 0.6 is 0 Å². The van der Waals surface area contributed by atoms with Gasteiger partial charge in [0, 0.05) is 17.8 Å². The summed E-state index contributed by atoms with van der Waals surface area (Å²) < 4.78 is 0. The van der Waals surface area contributed by atoms with Gasteiger partial charge in [-0.3, -0.25) is 0 Å². The summed E-state index contributed by atoms with van der Waals surface area (Å²) in [6.45, 7) is 0.675. The maximum absolute atomic E-state index is 8.55. The van der Waals surface area contributed by atoms with Crippen molar-refractivity contribution >= 4 is 5.69 Å². The van der Waals surface area contributed by atoms with E-state index in [1.807, 2.05) is 24.3 Å². The van der Waals surface area contributed by atoms with Crippen molar-refractivity contribution in [1.29, 1.82) is 0 Å². The Morgan fingerprint density at radius 3 is 3.00 bits per heavy atom. The monoisotopic (exact) mass is 161 g/mol. The van der Waals surface area contributed by atoms with E-state index in [1.165, 1.54) is 0 Å². The molecule has 0 unspecified atom stereocenters. The molecule has 0 aliphatic heterocycles. The molecule has 0 aromatic heterocycles. The van der Waals surface area contributed by atoms with Crippen molar-refractivity contribution < 1.29 is 5.11 Å². The van der Waals surface area contributed by atoms with Crippen molar-refractivity contribution in [3.05, 3.63) is 29.8 Å². The third-order valence-corrected chi connectivity index (χ3v) is 1.47. The first-order valence-corrected chi connectivity index (χ1v) is 3.78. The van der Waals surface area contributed by atoms with Gasteiger partial charge in [0.25, 0.3) is 0 Å². The van der Waals surface area contributed by atoms with Gasteiger partial charge in [-0.25, -0.2) is 0 Å². The molecule has 1 aromatic carbocycles. The smallest absolute Gasteiger partial charge is 0.0604 e. The number of aliphatic hydroxyl groups excluding tert-OH is 1. The molecule has 0 heterocycles. The van der Waals surface area contributed by atoms with E-state index >= 15 is 0 Å². The zero-order valence-corrected chi connectivity index (χ0v) is 6.75. The lowest BCUT2D eigenvalue weighted by atomic mass is 10.2. The molecular formula is C10H11NO. The average Bonchev–Trinajstić information content (AvgIpc) is 2.15. The van der Waals surface area contributed by atoms with Crippen LogP contribution in [0.3, 0.4) is 0 Å². The summed E-state index contributed by atoms with van der Waals surface area (Å²) in [5.74, 6) is 2.54. The van der Waals surface area contributed by atoms with E-state index in [2.05, 4.69) is 11.2 Å². The molecule has 0 bridgehead atoms. The van der Waals surface area contributed by atoms with Crippen LogP contribution in [-0.2, 0) is 0 Å². The number of hydrogen-bond donors (Lipinski definition) is 2. The van der Waals surface area contributed by atoms with Crippen molar-refractivity contribution in [1.82, 2.24) is 0 Å². The van der Waals surface area contributed by atoms with E-state index in [0.29, 0.717) is 6.54 Å². The number of terminal acetylenes is 1. The predicted octanol–water partition coefficient (Wildman–Crippen LogP) is 1.07. The molecule has 0 aliphatic carbocycles. The number of benzene rings is 1. The molecule has 0 saturated carbocycles. The van der Waals surface area contributed by atoms with Crippen molar-refractivity contribution in [2.24, 2.45) is 0 Å². The highest BCUT2D eigenvalue weighted by molar-refractivity contribution is 5.49. The lowest BCUT2D eigenvalue weighted by Crippen LogP contribution is -2.05. The van der Waals surface area contributed by atoms with Gasteiger partial charge in [0.15, 0.2) is 0 Å². The fourth-order valence-electron chi connectivity index (χ4n) is 0.919. The summed E-state index contributed by atoms with van der Waals surface area (Å²) in [6.07, 6.45) is 5.22. The second-order valence-corrected chi connectivity index (χ2v) is 2.38. The third kappa shape index (κ3) is 2.30. The molecule has 0 atom stereocenters. The summed E-state index contributed by atoms with van der Waals surface area (Å²) in [4.78, 5) is 0. The van der Waals surface area contributed by atoms with Crippen LogP contribution in [0.15, 0.2) is 24.3 Å². The Bertz CT molecular complexity index is 288. The Morgan fingerprint density at radius 2 is 2.33 bits per heavy atom. The fraction of sp³-hybridized carbons (Fsp3) is 0.200. The predicted molar refractivity (Wildman–Crippen MR) is 50.0 cm³/mol. The van der Waals surface area contributed by atoms with Crippen LogP contribution in [0.4, 0.5) is 5.69 Å². The Balaban J connectivity index is 2.68. The van der Waals surface area contributed by atoms with Crippen LogP contribution in [0.25, 0.3) is 0 Å². The van der Waals surface area contributed by atoms with Crippen molar-refractivity contribution in [2.45, 2.75) is 0 Å². The minimum absolute atomic E-state index is 0.125. The molecule has 2 nitrogen and oxygen atoms in total. The van der Waals surface area contributed by atoms with Crippen LogP contribution in [-0.4, -0.2) is 18.3 Å². The molecule has 0 amide bonds. The quantitative estimate of drug-likeness (QED) is 0.650. The van der Waals surface area contributed by atoms with Gasteiger partial charge < -0.3 is 10.4 Å². The number of aliphatic hydroxyl groups is 1. The van der Waals surface area contributed by atoms with E-state index in [-0.39, 0.29) is 6.61 Å². The number of anilines is 1. The first kappa shape index (κ1) is 8.63. The highest BCUT2D eigenvalue weighted by Gasteiger charge is 1.90. The third-order valence-electron chi connectivity index (χ3n) is 1.47. The lowest BCUT2D eigenvalue weighted by Gasteiger charge is -2.03. The van der Waals surface area contributed by atoms with Gasteiger partial charge in [0.05, 0.1) is 6.61 Å². The Hall–Kier alpha value is -1.46. The second kappa shape index (κ2) is 4.42. The van der Waals surface area contributed by atoms with Gasteiger partial charge in [-0.2, -0.15) is 0 Å². The Kier molecular flexibility index (Phi) is 3.18. The zero-order chi connectivity index (χ0) is 8.81. The molecule has 12 heavy (non-hydrogen) atoms. The lowest BCUT2D eigenvalue weighted by molar-refractivity contribution is 0.311. The van der Waals surface area contributed by atoms with Crippen molar-refractivity contribution in [3.8, 4) is 12.3 Å². The molecule has 1 aromatic rings. The number of nitrogens with one attached hydrogen (secondary N) is 1. The van der Waals surface area contributed by atoms with E-state index < -0.39 is 0 Å². The fourth-order valence-corrected chi connectivity index (χ4v) is 0.919. The van der Waals surface area contributed by atoms with Crippen LogP contribution in [0.1, 0.15) is 5.56 Å². The van der Waals surface area contributed by atoms with Crippen LogP contribution < -0.4 is 5.32 Å². The molecule has 0 spiro atoms. The molecule has 0 saturated heterocycles. The molecular weight excluding hydrogens is 150 g/mol. The minimum Gasteiger partial charge on any atom is -0.395 e. The van der Waals surface area contributed by atoms with E-state index in [9.17, 15) is 0 Å². The largest absolute Gasteiger partial charge is 0.395 e. The first-order valence-electron chi connectivity index (χ1n) is 3.78. The Labute approximate surface area is 72.2 Å². The normalized spacial score (nSPS) is 9.00. The van der Waals surface area contributed by atoms with Gasteiger partial charge in [0.1, 0.15) is 0 Å². The molecule has 2 N–H and O–H groups in total. The van der Waals surface area contributed by atoms with Crippen molar-refractivity contribution in [3.63, 3.8) is 0 Å². The maximum Gasteiger partial charge on any atom is 0.0604 e. The molecule has 0 fully saturated rings. The zero-order valence-electron chi connectivity index (χ0n) is 6.75. The first-order chi connectivity index (χ1) is 5.86. The van der Waals surface area contributed by atoms with Gasteiger partial charge >= 0.3 is 0 Å². The molecule has 1 rings (SSSR count). The topological polar surface area (TPSA) is 32.3 Å². The van der Waals surface area contributed by atoms with Gasteiger partial charge in [-0.05, 0) is 18.2 Å². The summed E-state index contributed by atoms with van der Waals surface area (Å²) in [6, 6.07) is 7.53. The van der Waals surface area contributed by atoms with Gasteiger partial charge in [0.2, 0.25) is 0 Å².